The Bertz CT molecular complexity index is 784. The van der Waals surface area contributed by atoms with Crippen molar-refractivity contribution in [2.45, 2.75) is 70.5 Å². The Morgan fingerprint density at radius 3 is 2.48 bits per heavy atom. The van der Waals surface area contributed by atoms with Gasteiger partial charge in [0, 0.05) is 30.7 Å². The maximum Gasteiger partial charge on any atom is 0.233 e. The van der Waals surface area contributed by atoms with Crippen molar-refractivity contribution in [2.75, 3.05) is 18.8 Å². The zero-order valence-electron chi connectivity index (χ0n) is 17.9. The second-order valence-corrected chi connectivity index (χ2v) is 10.3. The van der Waals surface area contributed by atoms with Crippen molar-refractivity contribution in [2.24, 2.45) is 29.4 Å². The van der Waals surface area contributed by atoms with Gasteiger partial charge in [-0.25, -0.2) is 4.98 Å². The quantitative estimate of drug-likeness (QED) is 0.719. The number of carbonyl (C=O) groups excluding carboxylic acids is 2. The molecule has 3 aliphatic rings. The second kappa shape index (κ2) is 8.32. The molecule has 3 fully saturated rings. The molecule has 1 saturated heterocycles. The number of aromatic nitrogens is 2. The SMILES string of the molecule is Cc1nc(SCC(=O)N2CCC(C(N)=O)CC2)n([C@@H](C)[C@@H]2C[C@H]3CC[C@H]2C3)c1C. The Morgan fingerprint density at radius 1 is 1.17 bits per heavy atom. The van der Waals surface area contributed by atoms with E-state index in [4.69, 9.17) is 10.7 Å². The number of thioether (sulfide) groups is 1. The van der Waals surface area contributed by atoms with Crippen LogP contribution in [0.25, 0.3) is 0 Å². The Labute approximate surface area is 178 Å². The number of carbonyl (C=O) groups is 2. The van der Waals surface area contributed by atoms with Crippen LogP contribution in [0.5, 0.6) is 0 Å². The zero-order valence-corrected chi connectivity index (χ0v) is 18.7. The van der Waals surface area contributed by atoms with Crippen LogP contribution in [0.1, 0.15) is 62.9 Å². The Balaban J connectivity index is 1.40. The molecule has 0 radical (unpaired) electrons. The van der Waals surface area contributed by atoms with Crippen molar-refractivity contribution in [3.8, 4) is 0 Å². The molecule has 1 aliphatic heterocycles. The summed E-state index contributed by atoms with van der Waals surface area (Å²) in [5.74, 6) is 2.74. The first-order valence-electron chi connectivity index (χ1n) is 11.1. The lowest BCUT2D eigenvalue weighted by molar-refractivity contribution is -0.132. The number of nitrogens with two attached hydrogens (primary N) is 1. The van der Waals surface area contributed by atoms with E-state index >= 15 is 0 Å². The van der Waals surface area contributed by atoms with Gasteiger partial charge in [-0.15, -0.1) is 0 Å². The molecular formula is C22H34N4O2S. The van der Waals surface area contributed by atoms with Gasteiger partial charge < -0.3 is 15.2 Å². The summed E-state index contributed by atoms with van der Waals surface area (Å²) in [5.41, 5.74) is 7.70. The summed E-state index contributed by atoms with van der Waals surface area (Å²) in [5, 5.41) is 0.982. The zero-order chi connectivity index (χ0) is 20.7. The fraction of sp³-hybridized carbons (Fsp3) is 0.773. The van der Waals surface area contributed by atoms with Crippen LogP contribution < -0.4 is 5.73 Å². The number of fused-ring (bicyclic) bond motifs is 2. The largest absolute Gasteiger partial charge is 0.369 e. The molecule has 2 bridgehead atoms. The summed E-state index contributed by atoms with van der Waals surface area (Å²) in [4.78, 5) is 30.8. The third-order valence-corrected chi connectivity index (χ3v) is 8.69. The van der Waals surface area contributed by atoms with Crippen LogP contribution in [0, 0.1) is 37.5 Å². The van der Waals surface area contributed by atoms with Gasteiger partial charge in [0.1, 0.15) is 0 Å². The molecule has 1 aromatic rings. The molecule has 160 valence electrons. The van der Waals surface area contributed by atoms with Crippen LogP contribution in [-0.2, 0) is 9.59 Å². The third-order valence-electron chi connectivity index (χ3n) is 7.75. The molecule has 4 rings (SSSR count). The predicted octanol–water partition coefficient (Wildman–Crippen LogP) is 3.31. The number of rotatable bonds is 6. The first-order chi connectivity index (χ1) is 13.8. The first kappa shape index (κ1) is 20.8. The van der Waals surface area contributed by atoms with E-state index in [9.17, 15) is 9.59 Å². The van der Waals surface area contributed by atoms with E-state index in [0.717, 1.165) is 28.6 Å². The summed E-state index contributed by atoms with van der Waals surface area (Å²) >= 11 is 1.57. The van der Waals surface area contributed by atoms with Crippen LogP contribution in [-0.4, -0.2) is 45.1 Å². The van der Waals surface area contributed by atoms with Gasteiger partial charge in [0.2, 0.25) is 11.8 Å². The van der Waals surface area contributed by atoms with E-state index in [1.807, 2.05) is 4.90 Å². The molecule has 2 amide bonds. The molecule has 0 unspecified atom stereocenters. The maximum absolute atomic E-state index is 12.7. The Hall–Kier alpha value is -1.50. The predicted molar refractivity (Wildman–Crippen MR) is 115 cm³/mol. The van der Waals surface area contributed by atoms with Crippen LogP contribution in [0.15, 0.2) is 5.16 Å². The van der Waals surface area contributed by atoms with Crippen molar-refractivity contribution in [1.82, 2.24) is 14.5 Å². The second-order valence-electron chi connectivity index (χ2n) is 9.36. The van der Waals surface area contributed by atoms with Gasteiger partial charge in [-0.05, 0) is 70.6 Å². The lowest BCUT2D eigenvalue weighted by Crippen LogP contribution is -2.42. The van der Waals surface area contributed by atoms with E-state index < -0.39 is 0 Å². The third kappa shape index (κ3) is 4.07. The highest BCUT2D eigenvalue weighted by Crippen LogP contribution is 2.52. The van der Waals surface area contributed by atoms with Crippen LogP contribution in [0.2, 0.25) is 0 Å². The number of likely N-dealkylation sites (tertiary alicyclic amines) is 1. The lowest BCUT2D eigenvalue weighted by Gasteiger charge is -2.31. The Morgan fingerprint density at radius 2 is 1.90 bits per heavy atom. The van der Waals surface area contributed by atoms with Crippen LogP contribution >= 0.6 is 11.8 Å². The monoisotopic (exact) mass is 418 g/mol. The minimum atomic E-state index is -0.242. The van der Waals surface area contributed by atoms with Crippen LogP contribution in [0.3, 0.4) is 0 Å². The highest BCUT2D eigenvalue weighted by atomic mass is 32.2. The molecule has 2 N–H and O–H groups in total. The van der Waals surface area contributed by atoms with Gasteiger partial charge in [-0.1, -0.05) is 18.2 Å². The smallest absolute Gasteiger partial charge is 0.233 e. The van der Waals surface area contributed by atoms with E-state index in [1.54, 1.807) is 11.8 Å². The van der Waals surface area contributed by atoms with Crippen molar-refractivity contribution < 1.29 is 9.59 Å². The van der Waals surface area contributed by atoms with Gasteiger partial charge in [-0.2, -0.15) is 0 Å². The highest BCUT2D eigenvalue weighted by Gasteiger charge is 2.43. The molecule has 7 heteroatoms. The number of primary amides is 1. The maximum atomic E-state index is 12.7. The molecule has 2 saturated carbocycles. The number of hydrogen-bond donors (Lipinski definition) is 1. The van der Waals surface area contributed by atoms with Gasteiger partial charge in [0.05, 0.1) is 11.4 Å². The molecule has 2 heterocycles. The number of nitrogens with zero attached hydrogens (tertiary/aromatic N) is 3. The van der Waals surface area contributed by atoms with Crippen LogP contribution in [0.4, 0.5) is 0 Å². The number of hydrogen-bond acceptors (Lipinski definition) is 4. The first-order valence-corrected chi connectivity index (χ1v) is 12.1. The van der Waals surface area contributed by atoms with E-state index in [-0.39, 0.29) is 17.7 Å². The van der Waals surface area contributed by atoms with Gasteiger partial charge in [0.15, 0.2) is 5.16 Å². The summed E-state index contributed by atoms with van der Waals surface area (Å²) in [6.07, 6.45) is 6.91. The molecule has 0 aromatic carbocycles. The topological polar surface area (TPSA) is 81.2 Å². The number of amides is 2. The molecular weight excluding hydrogens is 384 g/mol. The lowest BCUT2D eigenvalue weighted by atomic mass is 9.84. The molecule has 2 aliphatic carbocycles. The normalized spacial score (nSPS) is 28.1. The molecule has 0 spiro atoms. The fourth-order valence-electron chi connectivity index (χ4n) is 5.88. The minimum Gasteiger partial charge on any atom is -0.369 e. The van der Waals surface area contributed by atoms with Gasteiger partial charge in [0.25, 0.3) is 0 Å². The van der Waals surface area contributed by atoms with Gasteiger partial charge >= 0.3 is 0 Å². The van der Waals surface area contributed by atoms with Crippen molar-refractivity contribution in [3.63, 3.8) is 0 Å². The van der Waals surface area contributed by atoms with E-state index in [1.165, 1.54) is 31.4 Å². The molecule has 1 aromatic heterocycles. The summed E-state index contributed by atoms with van der Waals surface area (Å²) in [6.45, 7) is 7.83. The average molecular weight is 419 g/mol. The standard InChI is InChI=1S/C22H34N4O2S/c1-13-14(2)26(15(3)19-11-16-4-5-18(19)10-16)22(24-13)29-12-20(27)25-8-6-17(7-9-25)21(23)28/h15-19H,4-12H2,1-3H3,(H2,23,28)/t15-,16-,18-,19-/m0/s1. The minimum absolute atomic E-state index is 0.0847. The van der Waals surface area contributed by atoms with Gasteiger partial charge in [-0.3, -0.25) is 9.59 Å². The fourth-order valence-corrected chi connectivity index (χ4v) is 6.96. The number of imidazole rings is 1. The Kier molecular flexibility index (Phi) is 5.96. The molecule has 29 heavy (non-hydrogen) atoms. The number of aryl methyl sites for hydroxylation is 1. The van der Waals surface area contributed by atoms with E-state index in [2.05, 4.69) is 25.3 Å². The number of piperidine rings is 1. The summed E-state index contributed by atoms with van der Waals surface area (Å²) in [7, 11) is 0. The van der Waals surface area contributed by atoms with Crippen molar-refractivity contribution >= 4 is 23.6 Å². The summed E-state index contributed by atoms with van der Waals surface area (Å²) < 4.78 is 2.40. The molecule has 6 nitrogen and oxygen atoms in total. The van der Waals surface area contributed by atoms with E-state index in [0.29, 0.717) is 37.7 Å². The van der Waals surface area contributed by atoms with Crippen molar-refractivity contribution in [3.05, 3.63) is 11.4 Å². The van der Waals surface area contributed by atoms with Crippen molar-refractivity contribution in [1.29, 1.82) is 0 Å². The average Bonchev–Trinajstić information content (AvgIpc) is 3.41. The molecule has 4 atom stereocenters. The highest BCUT2D eigenvalue weighted by molar-refractivity contribution is 7.99. The summed E-state index contributed by atoms with van der Waals surface area (Å²) in [6, 6.07) is 0.440.